The predicted octanol–water partition coefficient (Wildman–Crippen LogP) is 8.04. The molecule has 2 aromatic rings. The number of aliphatic hydroxyl groups excluding tert-OH is 2. The molecule has 9 nitrogen and oxygen atoms in total. The van der Waals surface area contributed by atoms with E-state index >= 15 is 9.90 Å². The number of hydrogen-bond acceptors (Lipinski definition) is 9. The van der Waals surface area contributed by atoms with Crippen LogP contribution in [0.2, 0.25) is 0 Å². The maximum atomic E-state index is 15.4. The molecule has 0 aromatic heterocycles. The zero-order valence-corrected chi connectivity index (χ0v) is 43.2. The van der Waals surface area contributed by atoms with E-state index in [2.05, 4.69) is 66.3 Å². The molecule has 0 amide bonds. The number of esters is 1. The monoisotopic (exact) mass is 990 g/mol. The van der Waals surface area contributed by atoms with Crippen molar-refractivity contribution >= 4 is 12.3 Å². The molecule has 12 aliphatic rings. The number of aliphatic hydroxyl groups is 5. The van der Waals surface area contributed by atoms with Crippen LogP contribution in [0.4, 0.5) is 0 Å². The van der Waals surface area contributed by atoms with E-state index in [9.17, 15) is 25.2 Å². The molecule has 6 N–H and O–H groups in total. The van der Waals surface area contributed by atoms with Crippen molar-refractivity contribution in [3.63, 3.8) is 0 Å². The van der Waals surface area contributed by atoms with Gasteiger partial charge in [0.05, 0.1) is 29.3 Å². The highest BCUT2D eigenvalue weighted by molar-refractivity contribution is 5.86. The fraction of sp³-hybridized carbons (Fsp3) is 0.688. The van der Waals surface area contributed by atoms with Crippen LogP contribution in [0.5, 0.6) is 0 Å². The van der Waals surface area contributed by atoms with Gasteiger partial charge in [-0.3, -0.25) is 0 Å². The Bertz CT molecular complexity index is 2690. The molecule has 9 heteroatoms. The quantitative estimate of drug-likeness (QED) is 0.0919. The third-order valence-corrected chi connectivity index (χ3v) is 24.1. The minimum atomic E-state index is -1.86. The topological polar surface area (TPSA) is 157 Å². The van der Waals surface area contributed by atoms with Crippen molar-refractivity contribution in [3.05, 3.63) is 82.4 Å². The van der Waals surface area contributed by atoms with Gasteiger partial charge in [0.2, 0.25) is 0 Å². The first-order valence-electron chi connectivity index (χ1n) is 28.9. The minimum absolute atomic E-state index is 0.118. The summed E-state index contributed by atoms with van der Waals surface area (Å²) >= 11 is 0. The minimum Gasteiger partial charge on any atom is -0.454 e. The van der Waals surface area contributed by atoms with Crippen LogP contribution in [0.3, 0.4) is 0 Å². The summed E-state index contributed by atoms with van der Waals surface area (Å²) in [5.74, 6) is 12.8. The van der Waals surface area contributed by atoms with E-state index in [1.807, 2.05) is 25.2 Å². The van der Waals surface area contributed by atoms with Gasteiger partial charge < -0.3 is 40.4 Å². The van der Waals surface area contributed by atoms with Crippen LogP contribution in [-0.2, 0) is 33.8 Å². The highest BCUT2D eigenvalue weighted by Gasteiger charge is 2.86. The first-order chi connectivity index (χ1) is 35.3. The van der Waals surface area contributed by atoms with Crippen molar-refractivity contribution in [3.8, 4) is 23.7 Å². The second-order valence-corrected chi connectivity index (χ2v) is 26.5. The molecule has 1 heterocycles. The van der Waals surface area contributed by atoms with Crippen molar-refractivity contribution in [1.82, 2.24) is 5.32 Å². The van der Waals surface area contributed by atoms with Gasteiger partial charge in [-0.2, -0.15) is 0 Å². The second-order valence-electron chi connectivity index (χ2n) is 26.5. The molecule has 20 atom stereocenters. The summed E-state index contributed by atoms with van der Waals surface area (Å²) in [4.78, 5) is 29.3. The molecule has 8 saturated carbocycles. The molecule has 0 radical (unpaired) electrons. The maximum Gasteiger partial charge on any atom is 0.331 e. The van der Waals surface area contributed by atoms with Crippen molar-refractivity contribution in [2.45, 2.75) is 177 Å². The standard InChI is InChI=1S/C64H79NO8/c1-38(40-14-6-7-15-40)42-21-22-52-58(69)59-25-23-44(31-59)43(26-39-12-4-3-5-13-39)18-11-19-45-32-60-24-9-8-16-41-17-10-20-46(35-66)49(41)29-53(65-2)50-28-47(55(60)51-30-54(68)73-56(50)51)33-63(60,71)62(70)34-48(27-42)64(52,72)61(36-59,37-67)57(45)62/h3-5,10,12-13,17,20,30,37-38,40,42-45,47-48,50,52-53,55-58,65-66,69-72H,6-7,9,14-15,18,21-29,31-36H2,1-2H3/t38-,42-,43+,44+,45-,47+,48-,50-,52-,53+,55+,56+,57+,58+,59+,60+,61-,62-,63+,64-/m0/s1. The fourth-order valence-corrected chi connectivity index (χ4v) is 21.2. The Morgan fingerprint density at radius 1 is 0.904 bits per heavy atom. The number of rotatable bonds is 7. The fourth-order valence-electron chi connectivity index (χ4n) is 21.2. The zero-order chi connectivity index (χ0) is 50.3. The molecule has 1 aliphatic heterocycles. The summed E-state index contributed by atoms with van der Waals surface area (Å²) in [5.41, 5.74) is -3.58. The van der Waals surface area contributed by atoms with Gasteiger partial charge in [-0.05, 0) is 178 Å². The first-order valence-corrected chi connectivity index (χ1v) is 28.9. The highest BCUT2D eigenvalue weighted by Crippen LogP contribution is 2.80. The lowest BCUT2D eigenvalue weighted by Crippen LogP contribution is -2.83. The molecule has 8 fully saturated rings. The lowest BCUT2D eigenvalue weighted by Gasteiger charge is -2.74. The third kappa shape index (κ3) is 6.76. The molecule has 2 aromatic carbocycles. The second kappa shape index (κ2) is 17.6. The van der Waals surface area contributed by atoms with E-state index < -0.39 is 68.9 Å². The van der Waals surface area contributed by atoms with E-state index in [1.54, 1.807) is 6.08 Å². The molecule has 0 unspecified atom stereocenters. The van der Waals surface area contributed by atoms with Gasteiger partial charge in [-0.15, -0.1) is 5.92 Å². The predicted molar refractivity (Wildman–Crippen MR) is 277 cm³/mol. The Morgan fingerprint density at radius 3 is 2.51 bits per heavy atom. The van der Waals surface area contributed by atoms with Gasteiger partial charge in [-0.1, -0.05) is 92.8 Å². The molecule has 7 bridgehead atoms. The SMILES string of the molecule is CN[C@@H]1Cc2c(cccc2CO)C#CCC[C@]23C[C@@H]4C#CC[C@H](Cc5ccccc5)[C@@H]5CC[C@@]6(C5)C[C@]5(C=O)[C@@H]4[C@@](O)(C[C@@H]4C[C@@H]([C@@H](C)C7CCCC7)CC[C@@H]([C@H]6O)[C@@]45O)[C@@]2(O)C[C@H]2C[C@@H]1[C@H]1OC(=O)C=C1[C@@H]23. The van der Waals surface area contributed by atoms with Gasteiger partial charge in [-0.25, -0.2) is 4.79 Å². The largest absolute Gasteiger partial charge is 0.454 e. The number of carbonyl (C=O) groups is 2. The van der Waals surface area contributed by atoms with Crippen molar-refractivity contribution in [1.29, 1.82) is 0 Å². The van der Waals surface area contributed by atoms with E-state index in [0.29, 0.717) is 63.2 Å². The van der Waals surface area contributed by atoms with Crippen LogP contribution in [0, 0.1) is 111 Å². The van der Waals surface area contributed by atoms with Crippen molar-refractivity contribution in [2.75, 3.05) is 7.05 Å². The highest BCUT2D eigenvalue weighted by atomic mass is 16.5. The normalized spacial score (nSPS) is 47.4. The molecule has 14 rings (SSSR count). The molecule has 11 aliphatic carbocycles. The summed E-state index contributed by atoms with van der Waals surface area (Å²) in [5, 5.41) is 72.0. The Balaban J connectivity index is 1.03. The molecule has 388 valence electrons. The number of ether oxygens (including phenoxy) is 1. The van der Waals surface area contributed by atoms with E-state index in [0.717, 1.165) is 60.7 Å². The molecule has 2 spiro atoms. The Labute approximate surface area is 433 Å². The van der Waals surface area contributed by atoms with Gasteiger partial charge in [0.25, 0.3) is 0 Å². The van der Waals surface area contributed by atoms with Crippen LogP contribution in [0.1, 0.15) is 145 Å². The number of carbonyl (C=O) groups excluding carboxylic acids is 2. The average Bonchev–Trinajstić information content (AvgIpc) is 4.19. The van der Waals surface area contributed by atoms with Gasteiger partial charge in [0.1, 0.15) is 18.0 Å². The molecule has 0 saturated heterocycles. The van der Waals surface area contributed by atoms with Crippen LogP contribution >= 0.6 is 0 Å². The first kappa shape index (κ1) is 48.8. The lowest BCUT2D eigenvalue weighted by molar-refractivity contribution is -0.361. The smallest absolute Gasteiger partial charge is 0.331 e. The number of aldehydes is 1. The molecular formula is C64H79NO8. The number of benzene rings is 2. The summed E-state index contributed by atoms with van der Waals surface area (Å²) < 4.78 is 6.43. The van der Waals surface area contributed by atoms with Crippen LogP contribution in [0.15, 0.2) is 60.2 Å². The van der Waals surface area contributed by atoms with E-state index in [-0.39, 0.29) is 73.4 Å². The molecular weight excluding hydrogens is 911 g/mol. The van der Waals surface area contributed by atoms with Crippen LogP contribution < -0.4 is 5.32 Å². The number of hydrogen-bond donors (Lipinski definition) is 6. The van der Waals surface area contributed by atoms with Crippen molar-refractivity contribution in [2.24, 2.45) is 87.3 Å². The van der Waals surface area contributed by atoms with Gasteiger partial charge in [0, 0.05) is 59.6 Å². The van der Waals surface area contributed by atoms with Crippen molar-refractivity contribution < 1.29 is 39.9 Å². The maximum absolute atomic E-state index is 15.4. The Morgan fingerprint density at radius 2 is 1.73 bits per heavy atom. The summed E-state index contributed by atoms with van der Waals surface area (Å²) in [6.07, 6.45) is 15.4. The van der Waals surface area contributed by atoms with Crippen LogP contribution in [-0.4, -0.2) is 79.9 Å². The van der Waals surface area contributed by atoms with Crippen LogP contribution in [0.25, 0.3) is 0 Å². The molecule has 73 heavy (non-hydrogen) atoms. The Hall–Kier alpha value is -3.80. The van der Waals surface area contributed by atoms with E-state index in [4.69, 9.17) is 4.74 Å². The number of nitrogens with one attached hydrogen (secondary N) is 1. The van der Waals surface area contributed by atoms with Gasteiger partial charge in [0.15, 0.2) is 0 Å². The summed E-state index contributed by atoms with van der Waals surface area (Å²) in [6, 6.07) is 16.4. The number of likely N-dealkylation sites (N-methyl/N-ethyl adjacent to an activating group) is 1. The summed E-state index contributed by atoms with van der Waals surface area (Å²) in [7, 11) is 1.95. The number of fused-ring (bicyclic) bond motifs is 5. The Kier molecular flexibility index (Phi) is 11.8. The zero-order valence-electron chi connectivity index (χ0n) is 43.2. The lowest BCUT2D eigenvalue weighted by atomic mass is 9.32. The summed E-state index contributed by atoms with van der Waals surface area (Å²) in [6.45, 7) is 2.28. The third-order valence-electron chi connectivity index (χ3n) is 24.1. The van der Waals surface area contributed by atoms with Gasteiger partial charge >= 0.3 is 5.97 Å². The average molecular weight is 990 g/mol. The van der Waals surface area contributed by atoms with E-state index in [1.165, 1.54) is 31.2 Å².